The smallest absolute Gasteiger partial charge is 0.244 e. The maximum Gasteiger partial charge on any atom is 0.244 e. The SMILES string of the molecule is CC(C)NC(=O)/C=C/c1ccccc1F. The Kier molecular flexibility index (Phi) is 4.03. The van der Waals surface area contributed by atoms with Crippen molar-refractivity contribution in [1.82, 2.24) is 5.32 Å². The van der Waals surface area contributed by atoms with Crippen LogP contribution in [0.4, 0.5) is 4.39 Å². The lowest BCUT2D eigenvalue weighted by Crippen LogP contribution is -2.28. The van der Waals surface area contributed by atoms with Gasteiger partial charge in [-0.3, -0.25) is 4.79 Å². The Labute approximate surface area is 88.8 Å². The van der Waals surface area contributed by atoms with Crippen molar-refractivity contribution < 1.29 is 9.18 Å². The fourth-order valence-electron chi connectivity index (χ4n) is 1.11. The first-order valence-corrected chi connectivity index (χ1v) is 4.82. The minimum atomic E-state index is -0.328. The van der Waals surface area contributed by atoms with E-state index in [1.165, 1.54) is 18.2 Å². The first kappa shape index (κ1) is 11.4. The second-order valence-electron chi connectivity index (χ2n) is 3.52. The molecule has 1 amide bonds. The van der Waals surface area contributed by atoms with Crippen LogP contribution in [0.3, 0.4) is 0 Å². The molecule has 0 aliphatic rings. The normalized spacial score (nSPS) is 10.9. The summed E-state index contributed by atoms with van der Waals surface area (Å²) >= 11 is 0. The second-order valence-corrected chi connectivity index (χ2v) is 3.52. The van der Waals surface area contributed by atoms with E-state index in [0.29, 0.717) is 5.56 Å². The molecule has 0 aliphatic heterocycles. The molecule has 2 nitrogen and oxygen atoms in total. The highest BCUT2D eigenvalue weighted by Crippen LogP contribution is 2.07. The van der Waals surface area contributed by atoms with Crippen molar-refractivity contribution in [3.05, 3.63) is 41.7 Å². The van der Waals surface area contributed by atoms with Gasteiger partial charge in [-0.1, -0.05) is 18.2 Å². The monoisotopic (exact) mass is 207 g/mol. The summed E-state index contributed by atoms with van der Waals surface area (Å²) in [4.78, 5) is 11.2. The number of rotatable bonds is 3. The Hall–Kier alpha value is -1.64. The van der Waals surface area contributed by atoms with E-state index in [0.717, 1.165) is 0 Å². The summed E-state index contributed by atoms with van der Waals surface area (Å²) in [5.74, 6) is -0.542. The fourth-order valence-corrected chi connectivity index (χ4v) is 1.11. The molecule has 15 heavy (non-hydrogen) atoms. The summed E-state index contributed by atoms with van der Waals surface area (Å²) in [7, 11) is 0. The van der Waals surface area contributed by atoms with Crippen LogP contribution in [-0.2, 0) is 4.79 Å². The van der Waals surface area contributed by atoms with Gasteiger partial charge in [0, 0.05) is 17.7 Å². The molecule has 80 valence electrons. The van der Waals surface area contributed by atoms with Crippen molar-refractivity contribution in [2.45, 2.75) is 19.9 Å². The number of hydrogen-bond donors (Lipinski definition) is 1. The fraction of sp³-hybridized carbons (Fsp3) is 0.250. The van der Waals surface area contributed by atoms with Crippen LogP contribution in [0, 0.1) is 5.82 Å². The lowest BCUT2D eigenvalue weighted by atomic mass is 10.2. The zero-order valence-corrected chi connectivity index (χ0v) is 8.83. The van der Waals surface area contributed by atoms with Gasteiger partial charge in [-0.2, -0.15) is 0 Å². The first-order valence-electron chi connectivity index (χ1n) is 4.82. The van der Waals surface area contributed by atoms with Crippen LogP contribution < -0.4 is 5.32 Å². The molecule has 0 saturated heterocycles. The molecule has 1 N–H and O–H groups in total. The van der Waals surface area contributed by atoms with E-state index < -0.39 is 0 Å². The van der Waals surface area contributed by atoms with Crippen molar-refractivity contribution in [3.8, 4) is 0 Å². The van der Waals surface area contributed by atoms with Crippen LogP contribution in [0.1, 0.15) is 19.4 Å². The number of halogens is 1. The quantitative estimate of drug-likeness (QED) is 0.757. The Balaban J connectivity index is 2.66. The van der Waals surface area contributed by atoms with Gasteiger partial charge in [0.2, 0.25) is 5.91 Å². The highest BCUT2D eigenvalue weighted by molar-refractivity contribution is 5.91. The summed E-state index contributed by atoms with van der Waals surface area (Å²) in [6.07, 6.45) is 2.80. The standard InChI is InChI=1S/C12H14FNO/c1-9(2)14-12(15)8-7-10-5-3-4-6-11(10)13/h3-9H,1-2H3,(H,14,15)/b8-7+. The Bertz CT molecular complexity index is 372. The van der Waals surface area contributed by atoms with Crippen LogP contribution >= 0.6 is 0 Å². The highest BCUT2D eigenvalue weighted by Gasteiger charge is 1.99. The lowest BCUT2D eigenvalue weighted by Gasteiger charge is -2.04. The third-order valence-corrected chi connectivity index (χ3v) is 1.75. The van der Waals surface area contributed by atoms with Crippen molar-refractivity contribution in [1.29, 1.82) is 0 Å². The van der Waals surface area contributed by atoms with Crippen LogP contribution in [0.5, 0.6) is 0 Å². The molecule has 0 aromatic heterocycles. The zero-order chi connectivity index (χ0) is 11.3. The van der Waals surface area contributed by atoms with E-state index >= 15 is 0 Å². The Morgan fingerprint density at radius 2 is 2.07 bits per heavy atom. The highest BCUT2D eigenvalue weighted by atomic mass is 19.1. The zero-order valence-electron chi connectivity index (χ0n) is 8.83. The van der Waals surface area contributed by atoms with Crippen molar-refractivity contribution in [3.63, 3.8) is 0 Å². The number of benzene rings is 1. The van der Waals surface area contributed by atoms with Crippen LogP contribution in [-0.4, -0.2) is 11.9 Å². The van der Waals surface area contributed by atoms with Crippen LogP contribution in [0.15, 0.2) is 30.3 Å². The third kappa shape index (κ3) is 3.94. The molecular weight excluding hydrogens is 193 g/mol. The molecule has 0 spiro atoms. The predicted octanol–water partition coefficient (Wildman–Crippen LogP) is 2.36. The summed E-state index contributed by atoms with van der Waals surface area (Å²) in [5, 5.41) is 2.68. The van der Waals surface area contributed by atoms with Gasteiger partial charge in [0.05, 0.1) is 0 Å². The average Bonchev–Trinajstić information content (AvgIpc) is 2.15. The average molecular weight is 207 g/mol. The number of hydrogen-bond acceptors (Lipinski definition) is 1. The van der Waals surface area contributed by atoms with Gasteiger partial charge in [0.15, 0.2) is 0 Å². The molecule has 0 heterocycles. The molecule has 1 aromatic carbocycles. The lowest BCUT2D eigenvalue weighted by molar-refractivity contribution is -0.116. The number of amides is 1. The summed E-state index contributed by atoms with van der Waals surface area (Å²) in [6.45, 7) is 3.74. The largest absolute Gasteiger partial charge is 0.350 e. The Morgan fingerprint density at radius 3 is 2.67 bits per heavy atom. The van der Waals surface area contributed by atoms with Crippen molar-refractivity contribution >= 4 is 12.0 Å². The van der Waals surface area contributed by atoms with Gasteiger partial charge in [-0.15, -0.1) is 0 Å². The van der Waals surface area contributed by atoms with Gasteiger partial charge in [0.1, 0.15) is 5.82 Å². The van der Waals surface area contributed by atoms with Gasteiger partial charge in [0.25, 0.3) is 0 Å². The number of carbonyl (C=O) groups excluding carboxylic acids is 1. The minimum Gasteiger partial charge on any atom is -0.350 e. The Morgan fingerprint density at radius 1 is 1.40 bits per heavy atom. The molecule has 1 rings (SSSR count). The maximum absolute atomic E-state index is 13.1. The first-order chi connectivity index (χ1) is 7.09. The topological polar surface area (TPSA) is 29.1 Å². The van der Waals surface area contributed by atoms with Gasteiger partial charge >= 0.3 is 0 Å². The van der Waals surface area contributed by atoms with E-state index in [4.69, 9.17) is 0 Å². The van der Waals surface area contributed by atoms with E-state index in [9.17, 15) is 9.18 Å². The molecule has 0 fully saturated rings. The predicted molar refractivity (Wildman–Crippen MR) is 58.7 cm³/mol. The molecule has 0 aliphatic carbocycles. The van der Waals surface area contributed by atoms with Crippen LogP contribution in [0.25, 0.3) is 6.08 Å². The molecular formula is C12H14FNO. The molecule has 0 atom stereocenters. The van der Waals surface area contributed by atoms with Crippen molar-refractivity contribution in [2.24, 2.45) is 0 Å². The molecule has 0 bridgehead atoms. The third-order valence-electron chi connectivity index (χ3n) is 1.75. The minimum absolute atomic E-state index is 0.0859. The van der Waals surface area contributed by atoms with E-state index in [-0.39, 0.29) is 17.8 Å². The number of carbonyl (C=O) groups is 1. The van der Waals surface area contributed by atoms with Gasteiger partial charge in [-0.25, -0.2) is 4.39 Å². The molecule has 0 radical (unpaired) electrons. The van der Waals surface area contributed by atoms with Crippen LogP contribution in [0.2, 0.25) is 0 Å². The summed E-state index contributed by atoms with van der Waals surface area (Å²) in [6, 6.07) is 6.40. The maximum atomic E-state index is 13.1. The summed E-state index contributed by atoms with van der Waals surface area (Å²) in [5.41, 5.74) is 0.413. The van der Waals surface area contributed by atoms with Gasteiger partial charge in [-0.05, 0) is 26.0 Å². The van der Waals surface area contributed by atoms with Crippen molar-refractivity contribution in [2.75, 3.05) is 0 Å². The number of nitrogens with one attached hydrogen (secondary N) is 1. The van der Waals surface area contributed by atoms with Gasteiger partial charge < -0.3 is 5.32 Å². The van der Waals surface area contributed by atoms with E-state index in [1.807, 2.05) is 13.8 Å². The molecule has 1 aromatic rings. The van der Waals surface area contributed by atoms with E-state index in [2.05, 4.69) is 5.32 Å². The molecule has 3 heteroatoms. The second kappa shape index (κ2) is 5.29. The summed E-state index contributed by atoms with van der Waals surface area (Å²) < 4.78 is 13.1. The molecule has 0 saturated carbocycles. The molecule has 0 unspecified atom stereocenters. The van der Waals surface area contributed by atoms with E-state index in [1.54, 1.807) is 18.2 Å².